The first-order chi connectivity index (χ1) is 7.76. The summed E-state index contributed by atoms with van der Waals surface area (Å²) in [5, 5.41) is 0. The molecule has 8 heteroatoms. The summed E-state index contributed by atoms with van der Waals surface area (Å²) in [6.45, 7) is 0. The number of ether oxygens (including phenoxy) is 2. The van der Waals surface area contributed by atoms with Crippen LogP contribution >= 0.6 is 0 Å². The number of hydrogen-bond donors (Lipinski definition) is 1. The number of carbonyl (C=O) groups is 1. The van der Waals surface area contributed by atoms with Gasteiger partial charge in [0.1, 0.15) is 0 Å². The molecule has 0 aliphatic rings. The highest BCUT2D eigenvalue weighted by Crippen LogP contribution is 2.30. The molecule has 0 aliphatic heterocycles. The molecule has 0 saturated heterocycles. The first-order valence-electron chi connectivity index (χ1n) is 4.18. The van der Waals surface area contributed by atoms with Crippen molar-refractivity contribution in [2.24, 2.45) is 0 Å². The third-order valence-electron chi connectivity index (χ3n) is 1.78. The Labute approximate surface area is 92.9 Å². The maximum atomic E-state index is 13.3. The van der Waals surface area contributed by atoms with Gasteiger partial charge in [-0.25, -0.2) is 9.18 Å². The Kier molecular flexibility index (Phi) is 3.45. The molecule has 0 saturated carbocycles. The zero-order valence-electron chi connectivity index (χ0n) is 8.47. The second-order valence-electron chi connectivity index (χ2n) is 2.88. The minimum absolute atomic E-state index is 0.375. The lowest BCUT2D eigenvalue weighted by Crippen LogP contribution is -2.19. The number of rotatable bonds is 2. The van der Waals surface area contributed by atoms with Gasteiger partial charge in [0.2, 0.25) is 0 Å². The molecule has 94 valence electrons. The van der Waals surface area contributed by atoms with Crippen molar-refractivity contribution in [1.29, 1.82) is 0 Å². The molecule has 2 N–H and O–H groups in total. The summed E-state index contributed by atoms with van der Waals surface area (Å²) in [7, 11) is 1.03. The van der Waals surface area contributed by atoms with Crippen LogP contribution in [-0.4, -0.2) is 19.4 Å². The first kappa shape index (κ1) is 13.1. The van der Waals surface area contributed by atoms with Gasteiger partial charge in [0.25, 0.3) is 0 Å². The maximum absolute atomic E-state index is 13.3. The van der Waals surface area contributed by atoms with Gasteiger partial charge in [-0.2, -0.15) is 0 Å². The predicted molar refractivity (Wildman–Crippen MR) is 48.8 cm³/mol. The fourth-order valence-corrected chi connectivity index (χ4v) is 1.06. The highest BCUT2D eigenvalue weighted by Gasteiger charge is 2.33. The fourth-order valence-electron chi connectivity index (χ4n) is 1.06. The number of halogens is 4. The van der Waals surface area contributed by atoms with Gasteiger partial charge in [0, 0.05) is 0 Å². The van der Waals surface area contributed by atoms with Gasteiger partial charge in [-0.1, -0.05) is 0 Å². The predicted octanol–water partition coefficient (Wildman–Crippen LogP) is 2.09. The van der Waals surface area contributed by atoms with Crippen LogP contribution in [-0.2, 0) is 4.74 Å². The van der Waals surface area contributed by atoms with Gasteiger partial charge >= 0.3 is 12.3 Å². The van der Waals surface area contributed by atoms with Crippen LogP contribution in [0.5, 0.6) is 5.75 Å². The van der Waals surface area contributed by atoms with E-state index in [1.807, 2.05) is 0 Å². The van der Waals surface area contributed by atoms with Gasteiger partial charge in [0.15, 0.2) is 11.6 Å². The lowest BCUT2D eigenvalue weighted by Gasteiger charge is -2.12. The zero-order chi connectivity index (χ0) is 13.2. The fraction of sp³-hybridized carbons (Fsp3) is 0.222. The van der Waals surface area contributed by atoms with Crippen molar-refractivity contribution in [3.8, 4) is 5.75 Å². The first-order valence-corrected chi connectivity index (χ1v) is 4.18. The largest absolute Gasteiger partial charge is 0.573 e. The standard InChI is InChI=1S/C9H7F4NO3/c1-16-8(15)4-2-3-5(6(10)7(4)14)17-9(11,12)13/h2-3H,14H2,1H3. The summed E-state index contributed by atoms with van der Waals surface area (Å²) in [6, 6.07) is 1.52. The van der Waals surface area contributed by atoms with Gasteiger partial charge in [-0.3, -0.25) is 0 Å². The molecular formula is C9H7F4NO3. The summed E-state index contributed by atoms with van der Waals surface area (Å²) in [5.41, 5.74) is 4.01. The van der Waals surface area contributed by atoms with Crippen LogP contribution in [0.15, 0.2) is 12.1 Å². The lowest BCUT2D eigenvalue weighted by atomic mass is 10.1. The molecule has 1 aromatic carbocycles. The lowest BCUT2D eigenvalue weighted by molar-refractivity contribution is -0.275. The van der Waals surface area contributed by atoms with Crippen molar-refractivity contribution in [2.45, 2.75) is 6.36 Å². The van der Waals surface area contributed by atoms with E-state index in [0.29, 0.717) is 6.07 Å². The van der Waals surface area contributed by atoms with E-state index in [1.165, 1.54) is 0 Å². The van der Waals surface area contributed by atoms with Crippen molar-refractivity contribution in [1.82, 2.24) is 0 Å². The minimum Gasteiger partial charge on any atom is -0.465 e. The monoisotopic (exact) mass is 253 g/mol. The number of carbonyl (C=O) groups excluding carboxylic acids is 1. The zero-order valence-corrected chi connectivity index (χ0v) is 8.47. The van der Waals surface area contributed by atoms with Crippen molar-refractivity contribution in [3.05, 3.63) is 23.5 Å². The molecule has 4 nitrogen and oxygen atoms in total. The Morgan fingerprint density at radius 2 is 1.94 bits per heavy atom. The molecule has 0 radical (unpaired) electrons. The molecule has 0 fully saturated rings. The molecule has 1 rings (SSSR count). The number of esters is 1. The van der Waals surface area contributed by atoms with Crippen LogP contribution in [0.4, 0.5) is 23.2 Å². The smallest absolute Gasteiger partial charge is 0.465 e. The van der Waals surface area contributed by atoms with E-state index in [9.17, 15) is 22.4 Å². The molecule has 0 spiro atoms. The summed E-state index contributed by atoms with van der Waals surface area (Å²) in [4.78, 5) is 11.1. The highest BCUT2D eigenvalue weighted by atomic mass is 19.4. The number of methoxy groups -OCH3 is 1. The van der Waals surface area contributed by atoms with E-state index in [4.69, 9.17) is 5.73 Å². The Hall–Kier alpha value is -1.99. The van der Waals surface area contributed by atoms with Gasteiger partial charge < -0.3 is 15.2 Å². The summed E-state index contributed by atoms with van der Waals surface area (Å²) >= 11 is 0. The Morgan fingerprint density at radius 3 is 2.41 bits per heavy atom. The van der Waals surface area contributed by atoms with E-state index in [0.717, 1.165) is 13.2 Å². The van der Waals surface area contributed by atoms with E-state index < -0.39 is 29.6 Å². The maximum Gasteiger partial charge on any atom is 0.573 e. The third kappa shape index (κ3) is 2.99. The number of alkyl halides is 3. The van der Waals surface area contributed by atoms with Gasteiger partial charge in [-0.15, -0.1) is 13.2 Å². The molecule has 0 aromatic heterocycles. The summed E-state index contributed by atoms with van der Waals surface area (Å²) < 4.78 is 56.5. The van der Waals surface area contributed by atoms with E-state index in [1.54, 1.807) is 0 Å². The molecule has 0 aliphatic carbocycles. The van der Waals surface area contributed by atoms with Crippen LogP contribution < -0.4 is 10.5 Å². The quantitative estimate of drug-likeness (QED) is 0.498. The number of nitrogen functional groups attached to an aromatic ring is 1. The topological polar surface area (TPSA) is 61.5 Å². The molecule has 0 atom stereocenters. The summed E-state index contributed by atoms with van der Waals surface area (Å²) in [6.07, 6.45) is -5.04. The molecule has 0 amide bonds. The number of benzene rings is 1. The second-order valence-corrected chi connectivity index (χ2v) is 2.88. The van der Waals surface area contributed by atoms with Crippen molar-refractivity contribution >= 4 is 11.7 Å². The molecule has 1 aromatic rings. The average Bonchev–Trinajstić information content (AvgIpc) is 2.22. The van der Waals surface area contributed by atoms with E-state index in [-0.39, 0.29) is 5.56 Å². The number of hydrogen-bond acceptors (Lipinski definition) is 4. The van der Waals surface area contributed by atoms with Crippen molar-refractivity contribution in [2.75, 3.05) is 12.8 Å². The Balaban J connectivity index is 3.15. The van der Waals surface area contributed by atoms with Crippen LogP contribution in [0.3, 0.4) is 0 Å². The molecular weight excluding hydrogens is 246 g/mol. The van der Waals surface area contributed by atoms with Crippen LogP contribution in [0.1, 0.15) is 10.4 Å². The van der Waals surface area contributed by atoms with E-state index >= 15 is 0 Å². The van der Waals surface area contributed by atoms with Crippen molar-refractivity contribution in [3.63, 3.8) is 0 Å². The van der Waals surface area contributed by atoms with Gasteiger partial charge in [-0.05, 0) is 12.1 Å². The normalized spacial score (nSPS) is 11.1. The van der Waals surface area contributed by atoms with E-state index in [2.05, 4.69) is 9.47 Å². The average molecular weight is 253 g/mol. The Bertz CT molecular complexity index is 445. The molecule has 17 heavy (non-hydrogen) atoms. The van der Waals surface area contributed by atoms with Crippen molar-refractivity contribution < 1.29 is 31.8 Å². The van der Waals surface area contributed by atoms with Crippen LogP contribution in [0.25, 0.3) is 0 Å². The second kappa shape index (κ2) is 4.48. The molecule has 0 heterocycles. The summed E-state index contributed by atoms with van der Waals surface area (Å²) in [5.74, 6) is -3.53. The molecule has 0 bridgehead atoms. The SMILES string of the molecule is COC(=O)c1ccc(OC(F)(F)F)c(F)c1N. The Morgan fingerprint density at radius 1 is 1.35 bits per heavy atom. The highest BCUT2D eigenvalue weighted by molar-refractivity contribution is 5.95. The van der Waals surface area contributed by atoms with Crippen LogP contribution in [0.2, 0.25) is 0 Å². The third-order valence-corrected chi connectivity index (χ3v) is 1.78. The molecule has 0 unspecified atom stereocenters. The van der Waals surface area contributed by atoms with Crippen LogP contribution in [0, 0.1) is 5.82 Å². The number of anilines is 1. The number of nitrogens with two attached hydrogens (primary N) is 1. The van der Waals surface area contributed by atoms with Gasteiger partial charge in [0.05, 0.1) is 18.4 Å². The minimum atomic E-state index is -5.04.